The van der Waals surface area contributed by atoms with Gasteiger partial charge in [0.1, 0.15) is 0 Å². The van der Waals surface area contributed by atoms with Crippen molar-refractivity contribution in [3.63, 3.8) is 0 Å². The van der Waals surface area contributed by atoms with Crippen LogP contribution < -0.4 is 10.6 Å². The van der Waals surface area contributed by atoms with Crippen LogP contribution in [0.1, 0.15) is 19.3 Å². The molecule has 2 fully saturated rings. The molecule has 2 aliphatic rings. The van der Waals surface area contributed by atoms with Gasteiger partial charge in [0.2, 0.25) is 5.91 Å². The molecule has 0 bridgehead atoms. The molecule has 2 rings (SSSR count). The zero-order chi connectivity index (χ0) is 11.6. The van der Waals surface area contributed by atoms with Crippen molar-refractivity contribution in [2.45, 2.75) is 25.3 Å². The van der Waals surface area contributed by atoms with Gasteiger partial charge in [-0.25, -0.2) is 8.42 Å². The second-order valence-corrected chi connectivity index (χ2v) is 6.96. The van der Waals surface area contributed by atoms with Crippen molar-refractivity contribution in [2.24, 2.45) is 5.92 Å². The average molecular weight is 246 g/mol. The maximum absolute atomic E-state index is 11.6. The first-order valence-electron chi connectivity index (χ1n) is 5.76. The molecule has 1 amide bonds. The molecule has 1 aliphatic heterocycles. The topological polar surface area (TPSA) is 75.3 Å². The second kappa shape index (κ2) is 4.71. The van der Waals surface area contributed by atoms with E-state index in [1.165, 1.54) is 0 Å². The first-order chi connectivity index (χ1) is 7.55. The number of rotatable bonds is 6. The number of hydrogen-bond acceptors (Lipinski definition) is 4. The Morgan fingerprint density at radius 1 is 1.31 bits per heavy atom. The molecule has 1 saturated heterocycles. The normalized spacial score (nSPS) is 21.5. The highest BCUT2D eigenvalue weighted by Crippen LogP contribution is 2.18. The quantitative estimate of drug-likeness (QED) is 0.649. The Kier molecular flexibility index (Phi) is 3.49. The molecule has 16 heavy (non-hydrogen) atoms. The van der Waals surface area contributed by atoms with E-state index in [1.807, 2.05) is 0 Å². The summed E-state index contributed by atoms with van der Waals surface area (Å²) >= 11 is 0. The lowest BCUT2D eigenvalue weighted by Crippen LogP contribution is -2.46. The maximum atomic E-state index is 11.6. The van der Waals surface area contributed by atoms with Crippen molar-refractivity contribution in [3.8, 4) is 0 Å². The Balaban J connectivity index is 1.67. The largest absolute Gasteiger partial charge is 0.353 e. The molecule has 5 nitrogen and oxygen atoms in total. The van der Waals surface area contributed by atoms with Crippen LogP contribution in [-0.4, -0.2) is 45.0 Å². The minimum absolute atomic E-state index is 0.0119. The van der Waals surface area contributed by atoms with Crippen LogP contribution in [0.3, 0.4) is 0 Å². The molecule has 1 heterocycles. The number of carbonyl (C=O) groups is 1. The molecule has 92 valence electrons. The SMILES string of the molecule is O=C(CCS(=O)(=O)CC1CNC1)NC1CC1. The van der Waals surface area contributed by atoms with Crippen LogP contribution in [0.15, 0.2) is 0 Å². The molecule has 1 saturated carbocycles. The van der Waals surface area contributed by atoms with Crippen molar-refractivity contribution in [1.82, 2.24) is 10.6 Å². The van der Waals surface area contributed by atoms with Gasteiger partial charge in [0.25, 0.3) is 0 Å². The zero-order valence-electron chi connectivity index (χ0n) is 9.24. The van der Waals surface area contributed by atoms with Crippen LogP contribution in [0.2, 0.25) is 0 Å². The minimum atomic E-state index is -3.05. The van der Waals surface area contributed by atoms with E-state index in [0.717, 1.165) is 25.9 Å². The van der Waals surface area contributed by atoms with Crippen LogP contribution in [0.5, 0.6) is 0 Å². The summed E-state index contributed by atoms with van der Waals surface area (Å²) in [5.41, 5.74) is 0. The second-order valence-electron chi connectivity index (χ2n) is 4.73. The maximum Gasteiger partial charge on any atom is 0.221 e. The number of nitrogens with one attached hydrogen (secondary N) is 2. The number of hydrogen-bond donors (Lipinski definition) is 2. The van der Waals surface area contributed by atoms with E-state index in [9.17, 15) is 13.2 Å². The van der Waals surface area contributed by atoms with E-state index in [0.29, 0.717) is 6.04 Å². The summed E-state index contributed by atoms with van der Waals surface area (Å²) in [4.78, 5) is 11.3. The van der Waals surface area contributed by atoms with Crippen molar-refractivity contribution >= 4 is 15.7 Å². The summed E-state index contributed by atoms with van der Waals surface area (Å²) in [5, 5.41) is 5.83. The summed E-state index contributed by atoms with van der Waals surface area (Å²) in [7, 11) is -3.05. The van der Waals surface area contributed by atoms with Gasteiger partial charge in [0, 0.05) is 25.6 Å². The fourth-order valence-corrected chi connectivity index (χ4v) is 3.30. The van der Waals surface area contributed by atoms with Gasteiger partial charge in [-0.15, -0.1) is 0 Å². The van der Waals surface area contributed by atoms with Crippen molar-refractivity contribution in [1.29, 1.82) is 0 Å². The van der Waals surface area contributed by atoms with Gasteiger partial charge in [0.15, 0.2) is 9.84 Å². The monoisotopic (exact) mass is 246 g/mol. The Hall–Kier alpha value is -0.620. The average Bonchev–Trinajstić information content (AvgIpc) is 2.93. The highest BCUT2D eigenvalue weighted by molar-refractivity contribution is 7.91. The lowest BCUT2D eigenvalue weighted by Gasteiger charge is -2.26. The Bertz CT molecular complexity index is 358. The van der Waals surface area contributed by atoms with Gasteiger partial charge in [0.05, 0.1) is 11.5 Å². The summed E-state index contributed by atoms with van der Waals surface area (Å²) in [6, 6.07) is 0.311. The van der Waals surface area contributed by atoms with Crippen LogP contribution in [0.4, 0.5) is 0 Å². The standard InChI is InChI=1S/C10H18N2O3S/c13-10(12-9-1-2-9)3-4-16(14,15)7-8-5-11-6-8/h8-9,11H,1-7H2,(H,12,13). The molecule has 0 aromatic carbocycles. The third-order valence-corrected chi connectivity index (χ3v) is 4.74. The molecule has 0 atom stereocenters. The summed E-state index contributed by atoms with van der Waals surface area (Å²) in [6.45, 7) is 1.57. The smallest absolute Gasteiger partial charge is 0.221 e. The molecule has 1 aliphatic carbocycles. The summed E-state index contributed by atoms with van der Waals surface area (Å²) in [5.74, 6) is 0.327. The van der Waals surface area contributed by atoms with Gasteiger partial charge in [-0.3, -0.25) is 4.79 Å². The van der Waals surface area contributed by atoms with Crippen LogP contribution in [0, 0.1) is 5.92 Å². The fraction of sp³-hybridized carbons (Fsp3) is 0.900. The number of amides is 1. The Morgan fingerprint density at radius 3 is 2.50 bits per heavy atom. The first-order valence-corrected chi connectivity index (χ1v) is 7.58. The third-order valence-electron chi connectivity index (χ3n) is 2.94. The fourth-order valence-electron chi connectivity index (χ4n) is 1.68. The van der Waals surface area contributed by atoms with Gasteiger partial charge in [-0.05, 0) is 18.8 Å². The van der Waals surface area contributed by atoms with Gasteiger partial charge >= 0.3 is 0 Å². The lowest BCUT2D eigenvalue weighted by atomic mass is 10.1. The zero-order valence-corrected chi connectivity index (χ0v) is 10.1. The minimum Gasteiger partial charge on any atom is -0.353 e. The van der Waals surface area contributed by atoms with Crippen LogP contribution in [0.25, 0.3) is 0 Å². The summed E-state index contributed by atoms with van der Waals surface area (Å²) in [6.07, 6.45) is 2.18. The van der Waals surface area contributed by atoms with Crippen LogP contribution >= 0.6 is 0 Å². The molecule has 0 aromatic rings. The third kappa shape index (κ3) is 3.75. The van der Waals surface area contributed by atoms with Crippen molar-refractivity contribution in [3.05, 3.63) is 0 Å². The molecule has 6 heteroatoms. The van der Waals surface area contributed by atoms with E-state index in [2.05, 4.69) is 10.6 Å². The van der Waals surface area contributed by atoms with Crippen LogP contribution in [-0.2, 0) is 14.6 Å². The van der Waals surface area contributed by atoms with Gasteiger partial charge in [-0.1, -0.05) is 0 Å². The van der Waals surface area contributed by atoms with Crippen molar-refractivity contribution in [2.75, 3.05) is 24.6 Å². The molecule has 2 N–H and O–H groups in total. The van der Waals surface area contributed by atoms with E-state index >= 15 is 0 Å². The highest BCUT2D eigenvalue weighted by atomic mass is 32.2. The molecular formula is C10H18N2O3S. The molecule has 0 aromatic heterocycles. The van der Waals surface area contributed by atoms with E-state index in [4.69, 9.17) is 0 Å². The number of sulfone groups is 1. The van der Waals surface area contributed by atoms with Gasteiger partial charge < -0.3 is 10.6 Å². The predicted molar refractivity (Wildman–Crippen MR) is 60.8 cm³/mol. The molecule has 0 radical (unpaired) electrons. The van der Waals surface area contributed by atoms with Crippen molar-refractivity contribution < 1.29 is 13.2 Å². The Labute approximate surface area is 95.9 Å². The van der Waals surface area contributed by atoms with E-state index in [1.54, 1.807) is 0 Å². The summed E-state index contributed by atoms with van der Waals surface area (Å²) < 4.78 is 23.3. The molecule has 0 spiro atoms. The number of carbonyl (C=O) groups excluding carboxylic acids is 1. The lowest BCUT2D eigenvalue weighted by molar-refractivity contribution is -0.120. The van der Waals surface area contributed by atoms with E-state index < -0.39 is 9.84 Å². The molecule has 0 unspecified atom stereocenters. The Morgan fingerprint density at radius 2 is 2.00 bits per heavy atom. The highest BCUT2D eigenvalue weighted by Gasteiger charge is 2.26. The predicted octanol–water partition coefficient (Wildman–Crippen LogP) is -0.711. The van der Waals surface area contributed by atoms with E-state index in [-0.39, 0.29) is 29.8 Å². The van der Waals surface area contributed by atoms with Gasteiger partial charge in [-0.2, -0.15) is 0 Å². The first kappa shape index (κ1) is 11.9. The molecular weight excluding hydrogens is 228 g/mol.